The van der Waals surface area contributed by atoms with E-state index in [4.69, 9.17) is 9.47 Å². The first kappa shape index (κ1) is 32.1. The SMILES string of the molecule is CCCCCCCCCCCCCC(=O)O[C@@H](c1ccccc1)[C@@H](NC(=O)Cc1ccccc1)C(=O)OCC. The van der Waals surface area contributed by atoms with Crippen LogP contribution in [-0.2, 0) is 30.3 Å². The number of hydrogen-bond donors (Lipinski definition) is 1. The predicted octanol–water partition coefficient (Wildman–Crippen LogP) is 7.26. The van der Waals surface area contributed by atoms with Crippen LogP contribution in [0.3, 0.4) is 0 Å². The van der Waals surface area contributed by atoms with Gasteiger partial charge in [0.1, 0.15) is 0 Å². The van der Waals surface area contributed by atoms with Crippen LogP contribution in [0.15, 0.2) is 60.7 Å². The second kappa shape index (κ2) is 19.9. The standard InChI is InChI=1S/C33H47NO5/c1-3-5-6-7-8-9-10-11-12-13-20-25-30(36)39-32(28-23-18-15-19-24-28)31(33(37)38-4-2)34-29(35)26-27-21-16-14-17-22-27/h14-19,21-24,31-32H,3-13,20,25-26H2,1-2H3,(H,34,35)/t31-,32+/m1/s1. The van der Waals surface area contributed by atoms with Crippen LogP contribution >= 0.6 is 0 Å². The Morgan fingerprint density at radius 3 is 1.82 bits per heavy atom. The van der Waals surface area contributed by atoms with Gasteiger partial charge in [-0.25, -0.2) is 4.79 Å². The molecule has 0 fully saturated rings. The Balaban J connectivity index is 1.92. The van der Waals surface area contributed by atoms with Gasteiger partial charge in [0.05, 0.1) is 13.0 Å². The zero-order valence-electron chi connectivity index (χ0n) is 23.9. The van der Waals surface area contributed by atoms with Gasteiger partial charge in [0, 0.05) is 6.42 Å². The number of amides is 1. The molecule has 0 aliphatic heterocycles. The van der Waals surface area contributed by atoms with Crippen molar-refractivity contribution < 1.29 is 23.9 Å². The monoisotopic (exact) mass is 537 g/mol. The summed E-state index contributed by atoms with van der Waals surface area (Å²) < 4.78 is 11.1. The van der Waals surface area contributed by atoms with E-state index in [2.05, 4.69) is 12.2 Å². The summed E-state index contributed by atoms with van der Waals surface area (Å²) in [5, 5.41) is 2.78. The molecule has 0 heterocycles. The average Bonchev–Trinajstić information content (AvgIpc) is 2.94. The molecule has 214 valence electrons. The minimum atomic E-state index is -1.15. The lowest BCUT2D eigenvalue weighted by Crippen LogP contribution is -2.47. The molecular weight excluding hydrogens is 490 g/mol. The lowest BCUT2D eigenvalue weighted by atomic mass is 10.0. The number of nitrogens with one attached hydrogen (secondary N) is 1. The molecule has 1 amide bonds. The van der Waals surface area contributed by atoms with Crippen molar-refractivity contribution in [2.45, 2.75) is 109 Å². The molecule has 0 spiro atoms. The Bertz CT molecular complexity index is 947. The number of ether oxygens (including phenoxy) is 2. The van der Waals surface area contributed by atoms with Gasteiger partial charge in [0.15, 0.2) is 12.1 Å². The maximum Gasteiger partial charge on any atom is 0.332 e. The second-order valence-corrected chi connectivity index (χ2v) is 10.1. The highest BCUT2D eigenvalue weighted by molar-refractivity contribution is 5.86. The van der Waals surface area contributed by atoms with Crippen molar-refractivity contribution in [2.75, 3.05) is 6.61 Å². The quantitative estimate of drug-likeness (QED) is 0.142. The number of esters is 2. The van der Waals surface area contributed by atoms with Gasteiger partial charge in [0.25, 0.3) is 0 Å². The van der Waals surface area contributed by atoms with Crippen molar-refractivity contribution in [2.24, 2.45) is 0 Å². The summed E-state index contributed by atoms with van der Waals surface area (Å²) in [6.45, 7) is 4.09. The van der Waals surface area contributed by atoms with Crippen molar-refractivity contribution in [1.82, 2.24) is 5.32 Å². The van der Waals surface area contributed by atoms with Gasteiger partial charge in [-0.15, -0.1) is 0 Å². The minimum absolute atomic E-state index is 0.102. The van der Waals surface area contributed by atoms with E-state index in [1.54, 1.807) is 19.1 Å². The summed E-state index contributed by atoms with van der Waals surface area (Å²) in [5.41, 5.74) is 1.45. The molecule has 0 unspecified atom stereocenters. The van der Waals surface area contributed by atoms with Gasteiger partial charge in [-0.3, -0.25) is 9.59 Å². The largest absolute Gasteiger partial charge is 0.464 e. The molecule has 2 aromatic rings. The molecule has 6 nitrogen and oxygen atoms in total. The van der Waals surface area contributed by atoms with E-state index >= 15 is 0 Å². The first-order valence-corrected chi connectivity index (χ1v) is 14.8. The number of benzene rings is 2. The molecule has 0 aliphatic carbocycles. The summed E-state index contributed by atoms with van der Waals surface area (Å²) in [6.07, 6.45) is 12.5. The van der Waals surface area contributed by atoms with Crippen LogP contribution in [0.1, 0.15) is 108 Å². The smallest absolute Gasteiger partial charge is 0.332 e. The molecule has 2 rings (SSSR count). The van der Waals surface area contributed by atoms with Crippen LogP contribution in [-0.4, -0.2) is 30.5 Å². The second-order valence-electron chi connectivity index (χ2n) is 10.1. The fraction of sp³-hybridized carbons (Fsp3) is 0.545. The third kappa shape index (κ3) is 13.5. The lowest BCUT2D eigenvalue weighted by molar-refractivity contribution is -0.160. The minimum Gasteiger partial charge on any atom is -0.464 e. The molecule has 39 heavy (non-hydrogen) atoms. The summed E-state index contributed by atoms with van der Waals surface area (Å²) in [5.74, 6) is -1.36. The maximum atomic E-state index is 13.0. The Hall–Kier alpha value is -3.15. The van der Waals surface area contributed by atoms with E-state index in [0.29, 0.717) is 5.56 Å². The maximum absolute atomic E-state index is 13.0. The van der Waals surface area contributed by atoms with E-state index < -0.39 is 18.1 Å². The van der Waals surface area contributed by atoms with Crippen LogP contribution in [0.4, 0.5) is 0 Å². The van der Waals surface area contributed by atoms with E-state index in [-0.39, 0.29) is 31.3 Å². The molecule has 2 aromatic carbocycles. The van der Waals surface area contributed by atoms with Gasteiger partial charge in [-0.05, 0) is 24.5 Å². The zero-order chi connectivity index (χ0) is 28.1. The number of hydrogen-bond acceptors (Lipinski definition) is 5. The number of unbranched alkanes of at least 4 members (excludes halogenated alkanes) is 10. The highest BCUT2D eigenvalue weighted by atomic mass is 16.6. The molecule has 0 bridgehead atoms. The third-order valence-electron chi connectivity index (χ3n) is 6.74. The van der Waals surface area contributed by atoms with Crippen LogP contribution in [0.25, 0.3) is 0 Å². The first-order valence-electron chi connectivity index (χ1n) is 14.8. The molecule has 0 saturated carbocycles. The molecule has 0 radical (unpaired) electrons. The molecular formula is C33H47NO5. The van der Waals surface area contributed by atoms with Crippen molar-refractivity contribution in [3.05, 3.63) is 71.8 Å². The van der Waals surface area contributed by atoms with E-state index in [9.17, 15) is 14.4 Å². The highest BCUT2D eigenvalue weighted by Gasteiger charge is 2.35. The van der Waals surface area contributed by atoms with Crippen LogP contribution in [0.2, 0.25) is 0 Å². The first-order chi connectivity index (χ1) is 19.0. The van der Waals surface area contributed by atoms with Gasteiger partial charge in [0.2, 0.25) is 5.91 Å². The highest BCUT2D eigenvalue weighted by Crippen LogP contribution is 2.24. The molecule has 2 atom stereocenters. The Morgan fingerprint density at radius 1 is 0.718 bits per heavy atom. The van der Waals surface area contributed by atoms with Gasteiger partial charge < -0.3 is 14.8 Å². The molecule has 0 saturated heterocycles. The van der Waals surface area contributed by atoms with E-state index in [1.807, 2.05) is 48.5 Å². The molecule has 6 heteroatoms. The Morgan fingerprint density at radius 2 is 1.26 bits per heavy atom. The summed E-state index contributed by atoms with van der Waals surface area (Å²) in [7, 11) is 0. The summed E-state index contributed by atoms with van der Waals surface area (Å²) in [6, 6.07) is 17.2. The number of carbonyl (C=O) groups excluding carboxylic acids is 3. The van der Waals surface area contributed by atoms with Crippen molar-refractivity contribution in [3.8, 4) is 0 Å². The Kier molecular flexibility index (Phi) is 16.3. The fourth-order valence-corrected chi connectivity index (χ4v) is 4.60. The molecule has 0 aromatic heterocycles. The van der Waals surface area contributed by atoms with Crippen molar-refractivity contribution in [3.63, 3.8) is 0 Å². The number of rotatable bonds is 20. The topological polar surface area (TPSA) is 81.7 Å². The predicted molar refractivity (Wildman–Crippen MR) is 155 cm³/mol. The van der Waals surface area contributed by atoms with Gasteiger partial charge in [-0.2, -0.15) is 0 Å². The van der Waals surface area contributed by atoms with E-state index in [0.717, 1.165) is 24.8 Å². The fourth-order valence-electron chi connectivity index (χ4n) is 4.60. The van der Waals surface area contributed by atoms with Gasteiger partial charge >= 0.3 is 11.9 Å². The van der Waals surface area contributed by atoms with E-state index in [1.165, 1.54) is 51.4 Å². The van der Waals surface area contributed by atoms with Crippen molar-refractivity contribution >= 4 is 17.8 Å². The third-order valence-corrected chi connectivity index (χ3v) is 6.74. The van der Waals surface area contributed by atoms with Crippen LogP contribution < -0.4 is 5.32 Å². The molecule has 1 N–H and O–H groups in total. The zero-order valence-corrected chi connectivity index (χ0v) is 23.9. The number of carbonyl (C=O) groups is 3. The normalized spacial score (nSPS) is 12.4. The van der Waals surface area contributed by atoms with Gasteiger partial charge in [-0.1, -0.05) is 132 Å². The lowest BCUT2D eigenvalue weighted by Gasteiger charge is -2.27. The van der Waals surface area contributed by atoms with Crippen LogP contribution in [0.5, 0.6) is 0 Å². The van der Waals surface area contributed by atoms with Crippen LogP contribution in [0, 0.1) is 0 Å². The average molecular weight is 538 g/mol. The summed E-state index contributed by atoms with van der Waals surface area (Å²) in [4.78, 5) is 38.7. The molecule has 0 aliphatic rings. The Labute approximate surface area is 234 Å². The summed E-state index contributed by atoms with van der Waals surface area (Å²) >= 11 is 0. The van der Waals surface area contributed by atoms with Crippen molar-refractivity contribution in [1.29, 1.82) is 0 Å².